The number of aryl methyl sites for hydroxylation is 1. The number of aliphatic imine (C=N–C) groups is 1. The van der Waals surface area contributed by atoms with Gasteiger partial charge in [0.25, 0.3) is 0 Å². The molecule has 0 unspecified atom stereocenters. The van der Waals surface area contributed by atoms with Crippen molar-refractivity contribution in [1.82, 2.24) is 20.2 Å². The molecular formula is C15H24IN5S. The zero-order valence-corrected chi connectivity index (χ0v) is 16.2. The van der Waals surface area contributed by atoms with Crippen LogP contribution >= 0.6 is 35.3 Å². The lowest BCUT2D eigenvalue weighted by Crippen LogP contribution is -2.39. The fourth-order valence-electron chi connectivity index (χ4n) is 1.97. The molecule has 0 bridgehead atoms. The summed E-state index contributed by atoms with van der Waals surface area (Å²) in [6.07, 6.45) is 5.02. The molecule has 0 aliphatic rings. The van der Waals surface area contributed by atoms with E-state index in [1.54, 1.807) is 11.3 Å². The molecule has 7 heteroatoms. The van der Waals surface area contributed by atoms with Crippen LogP contribution in [0.4, 0.5) is 0 Å². The van der Waals surface area contributed by atoms with E-state index >= 15 is 0 Å². The van der Waals surface area contributed by atoms with Crippen LogP contribution in [0.15, 0.2) is 34.9 Å². The Morgan fingerprint density at radius 3 is 2.73 bits per heavy atom. The molecule has 0 aliphatic carbocycles. The Morgan fingerprint density at radius 1 is 1.32 bits per heavy atom. The highest BCUT2D eigenvalue weighted by atomic mass is 127. The van der Waals surface area contributed by atoms with E-state index in [-0.39, 0.29) is 24.0 Å². The second-order valence-corrected chi connectivity index (χ2v) is 5.78. The highest BCUT2D eigenvalue weighted by Crippen LogP contribution is 2.08. The first kappa shape index (κ1) is 19.0. The predicted octanol–water partition coefficient (Wildman–Crippen LogP) is 2.67. The lowest BCUT2D eigenvalue weighted by atomic mass is 10.3. The summed E-state index contributed by atoms with van der Waals surface area (Å²) in [5.74, 6) is 0.872. The van der Waals surface area contributed by atoms with Gasteiger partial charge in [-0.15, -0.1) is 35.3 Å². The van der Waals surface area contributed by atoms with Gasteiger partial charge in [0, 0.05) is 50.4 Å². The molecule has 2 N–H and O–H groups in total. The Bertz CT molecular complexity index is 550. The second kappa shape index (κ2) is 10.6. The van der Waals surface area contributed by atoms with Crippen molar-refractivity contribution in [2.45, 2.75) is 26.8 Å². The summed E-state index contributed by atoms with van der Waals surface area (Å²) < 4.78 is 2.15. The average Bonchev–Trinajstić information content (AvgIpc) is 3.11. The van der Waals surface area contributed by atoms with Crippen LogP contribution in [0.25, 0.3) is 0 Å². The molecule has 2 aromatic heterocycles. The molecule has 0 aromatic carbocycles. The van der Waals surface area contributed by atoms with Gasteiger partial charge >= 0.3 is 0 Å². The van der Waals surface area contributed by atoms with Gasteiger partial charge in [-0.3, -0.25) is 4.99 Å². The first-order valence-electron chi connectivity index (χ1n) is 7.32. The zero-order chi connectivity index (χ0) is 14.9. The minimum atomic E-state index is 0. The molecule has 2 rings (SSSR count). The van der Waals surface area contributed by atoms with Crippen LogP contribution in [0.1, 0.15) is 17.6 Å². The molecule has 0 atom stereocenters. The smallest absolute Gasteiger partial charge is 0.191 e. The van der Waals surface area contributed by atoms with Crippen molar-refractivity contribution in [3.8, 4) is 0 Å². The Balaban J connectivity index is 0.00000242. The highest BCUT2D eigenvalue weighted by Gasteiger charge is 1.99. The molecular weight excluding hydrogens is 409 g/mol. The molecule has 0 fully saturated rings. The molecule has 2 aromatic rings. The molecule has 22 heavy (non-hydrogen) atoms. The van der Waals surface area contributed by atoms with Gasteiger partial charge in [-0.05, 0) is 26.0 Å². The zero-order valence-electron chi connectivity index (χ0n) is 13.1. The summed E-state index contributed by atoms with van der Waals surface area (Å²) in [7, 11) is 0. The van der Waals surface area contributed by atoms with E-state index < -0.39 is 0 Å². The van der Waals surface area contributed by atoms with Gasteiger partial charge in [-0.2, -0.15) is 0 Å². The number of halogens is 1. The van der Waals surface area contributed by atoms with Crippen LogP contribution in [-0.2, 0) is 13.0 Å². The van der Waals surface area contributed by atoms with E-state index in [9.17, 15) is 0 Å². The lowest BCUT2D eigenvalue weighted by molar-refractivity contribution is 0.665. The minimum absolute atomic E-state index is 0. The third-order valence-corrected chi connectivity index (χ3v) is 3.80. The van der Waals surface area contributed by atoms with E-state index in [2.05, 4.69) is 49.9 Å². The molecule has 0 amide bonds. The van der Waals surface area contributed by atoms with E-state index in [4.69, 9.17) is 0 Å². The number of nitrogens with one attached hydrogen (secondary N) is 2. The Labute approximate surface area is 153 Å². The summed E-state index contributed by atoms with van der Waals surface area (Å²) in [6.45, 7) is 7.52. The Hall–Kier alpha value is -1.09. The minimum Gasteiger partial charge on any atom is -0.357 e. The van der Waals surface area contributed by atoms with Crippen molar-refractivity contribution in [2.24, 2.45) is 4.99 Å². The topological polar surface area (TPSA) is 54.2 Å². The normalized spacial score (nSPS) is 11.1. The van der Waals surface area contributed by atoms with Crippen LogP contribution in [0, 0.1) is 6.92 Å². The second-order valence-electron chi connectivity index (χ2n) is 4.72. The first-order valence-corrected chi connectivity index (χ1v) is 8.20. The van der Waals surface area contributed by atoms with Crippen LogP contribution in [0.5, 0.6) is 0 Å². The molecule has 0 saturated carbocycles. The van der Waals surface area contributed by atoms with Gasteiger partial charge in [-0.25, -0.2) is 4.98 Å². The van der Waals surface area contributed by atoms with Crippen LogP contribution in [0.2, 0.25) is 0 Å². The molecule has 5 nitrogen and oxygen atoms in total. The van der Waals surface area contributed by atoms with Gasteiger partial charge in [0.15, 0.2) is 5.96 Å². The van der Waals surface area contributed by atoms with Crippen LogP contribution in [-0.4, -0.2) is 35.1 Å². The van der Waals surface area contributed by atoms with Crippen LogP contribution in [0.3, 0.4) is 0 Å². The maximum Gasteiger partial charge on any atom is 0.191 e. The first-order chi connectivity index (χ1) is 10.3. The lowest BCUT2D eigenvalue weighted by Gasteiger charge is -2.11. The van der Waals surface area contributed by atoms with Crippen molar-refractivity contribution >= 4 is 41.3 Å². The van der Waals surface area contributed by atoms with E-state index in [0.29, 0.717) is 0 Å². The number of aromatic nitrogens is 2. The summed E-state index contributed by atoms with van der Waals surface area (Å²) in [6, 6.07) is 4.07. The summed E-state index contributed by atoms with van der Waals surface area (Å²) in [5.41, 5.74) is 1.13. The third kappa shape index (κ3) is 6.78. The molecule has 2 heterocycles. The Morgan fingerprint density at radius 2 is 2.09 bits per heavy atom. The number of nitrogens with zero attached hydrogens (tertiary/aromatic N) is 3. The SMILES string of the molecule is CCNC(=NCCc1csc(C)n1)NCCn1cccc1.I. The maximum absolute atomic E-state index is 4.59. The van der Waals surface area contributed by atoms with Gasteiger partial charge in [0.2, 0.25) is 0 Å². The average molecular weight is 433 g/mol. The summed E-state index contributed by atoms with van der Waals surface area (Å²) in [4.78, 5) is 9.04. The van der Waals surface area contributed by atoms with E-state index in [1.807, 2.05) is 19.1 Å². The van der Waals surface area contributed by atoms with Crippen molar-refractivity contribution in [1.29, 1.82) is 0 Å². The predicted molar refractivity (Wildman–Crippen MR) is 104 cm³/mol. The van der Waals surface area contributed by atoms with E-state index in [1.165, 1.54) is 0 Å². The van der Waals surface area contributed by atoms with Crippen LogP contribution < -0.4 is 10.6 Å². The summed E-state index contributed by atoms with van der Waals surface area (Å²) >= 11 is 1.69. The largest absolute Gasteiger partial charge is 0.357 e. The number of hydrogen-bond donors (Lipinski definition) is 2. The number of thiazole rings is 1. The fourth-order valence-corrected chi connectivity index (χ4v) is 2.62. The number of guanidine groups is 1. The third-order valence-electron chi connectivity index (χ3n) is 2.98. The molecule has 0 radical (unpaired) electrons. The summed E-state index contributed by atoms with van der Waals surface area (Å²) in [5, 5.41) is 9.84. The number of rotatable bonds is 7. The van der Waals surface area contributed by atoms with Gasteiger partial charge < -0.3 is 15.2 Å². The highest BCUT2D eigenvalue weighted by molar-refractivity contribution is 14.0. The molecule has 0 spiro atoms. The monoisotopic (exact) mass is 433 g/mol. The fraction of sp³-hybridized carbons (Fsp3) is 0.467. The van der Waals surface area contributed by atoms with Gasteiger partial charge in [-0.1, -0.05) is 0 Å². The van der Waals surface area contributed by atoms with Gasteiger partial charge in [0.05, 0.1) is 10.7 Å². The van der Waals surface area contributed by atoms with Crippen molar-refractivity contribution in [3.05, 3.63) is 40.6 Å². The van der Waals surface area contributed by atoms with Crippen molar-refractivity contribution < 1.29 is 0 Å². The van der Waals surface area contributed by atoms with E-state index in [0.717, 1.165) is 49.3 Å². The molecule has 122 valence electrons. The molecule has 0 saturated heterocycles. The van der Waals surface area contributed by atoms with Crippen molar-refractivity contribution in [2.75, 3.05) is 19.6 Å². The quantitative estimate of drug-likeness (QED) is 0.401. The van der Waals surface area contributed by atoms with Gasteiger partial charge in [0.1, 0.15) is 0 Å². The maximum atomic E-state index is 4.59. The van der Waals surface area contributed by atoms with Crippen molar-refractivity contribution in [3.63, 3.8) is 0 Å². The standard InChI is InChI=1S/C15H23N5S.HI/c1-3-16-15(18-8-11-20-9-4-5-10-20)17-7-6-14-12-21-13(2)19-14;/h4-5,9-10,12H,3,6-8,11H2,1-2H3,(H2,16,17,18);1H. The number of hydrogen-bond acceptors (Lipinski definition) is 3. The Kier molecular flexibility index (Phi) is 9.14. The molecule has 0 aliphatic heterocycles.